The molecule has 0 saturated heterocycles. The third kappa shape index (κ3) is 4.00. The Balaban J connectivity index is 2.36. The van der Waals surface area contributed by atoms with E-state index in [9.17, 15) is 18.0 Å². The maximum absolute atomic E-state index is 13.0. The molecule has 1 aromatic carbocycles. The molecule has 2 rings (SSSR count). The molecule has 0 atom stereocenters. The minimum absolute atomic E-state index is 0.116. The highest BCUT2D eigenvalue weighted by Gasteiger charge is 2.35. The van der Waals surface area contributed by atoms with Gasteiger partial charge in [-0.25, -0.2) is 0 Å². The summed E-state index contributed by atoms with van der Waals surface area (Å²) in [6, 6.07) is 8.91. The predicted octanol–water partition coefficient (Wildman–Crippen LogP) is 3.49. The molecule has 0 saturated carbocycles. The van der Waals surface area contributed by atoms with Crippen molar-refractivity contribution in [1.29, 1.82) is 5.26 Å². The van der Waals surface area contributed by atoms with Gasteiger partial charge < -0.3 is 10.7 Å². The highest BCUT2D eigenvalue weighted by molar-refractivity contribution is 7.98. The van der Waals surface area contributed by atoms with E-state index in [2.05, 4.69) is 11.6 Å². The van der Waals surface area contributed by atoms with Gasteiger partial charge in [0.15, 0.2) is 0 Å². The Bertz CT molecular complexity index is 881. The molecule has 0 radical (unpaired) electrons. The van der Waals surface area contributed by atoms with Crippen molar-refractivity contribution >= 4 is 17.5 Å². The summed E-state index contributed by atoms with van der Waals surface area (Å²) in [5, 5.41) is 8.94. The fraction of sp³-hybridized carbons (Fsp3) is 0.125. The number of hydrogen-bond donors (Lipinski definition) is 2. The van der Waals surface area contributed by atoms with Crippen LogP contribution in [0.1, 0.15) is 22.3 Å². The van der Waals surface area contributed by atoms with Gasteiger partial charge in [-0.3, -0.25) is 4.79 Å². The van der Waals surface area contributed by atoms with Crippen LogP contribution >= 0.6 is 11.8 Å². The Kier molecular flexibility index (Phi) is 5.04. The number of pyridine rings is 1. The summed E-state index contributed by atoms with van der Waals surface area (Å²) in [5.74, 6) is 0.257. The molecule has 3 N–H and O–H groups in total. The van der Waals surface area contributed by atoms with E-state index in [1.165, 1.54) is 6.07 Å². The molecule has 0 aliphatic carbocycles. The second-order valence-electron chi connectivity index (χ2n) is 4.88. The number of nitrogens with one attached hydrogen (secondary N) is 1. The number of rotatable bonds is 4. The van der Waals surface area contributed by atoms with Crippen LogP contribution in [0, 0.1) is 11.3 Å². The largest absolute Gasteiger partial charge is 0.417 e. The average Bonchev–Trinajstić information content (AvgIpc) is 2.51. The molecule has 24 heavy (non-hydrogen) atoms. The van der Waals surface area contributed by atoms with Gasteiger partial charge >= 0.3 is 6.18 Å². The lowest BCUT2D eigenvalue weighted by molar-refractivity contribution is -0.138. The number of halogens is 3. The molecule has 1 aromatic heterocycles. The number of aromatic amines is 1. The van der Waals surface area contributed by atoms with Crippen LogP contribution < -0.4 is 11.3 Å². The third-order valence-electron chi connectivity index (χ3n) is 3.11. The maximum Gasteiger partial charge on any atom is 0.417 e. The first-order valence-corrected chi connectivity index (χ1v) is 7.62. The molecule has 8 heteroatoms. The molecule has 2 aromatic rings. The van der Waals surface area contributed by atoms with Crippen LogP contribution in [-0.4, -0.2) is 4.98 Å². The van der Waals surface area contributed by atoms with Crippen LogP contribution in [-0.2, 0) is 11.9 Å². The van der Waals surface area contributed by atoms with E-state index in [-0.39, 0.29) is 10.8 Å². The van der Waals surface area contributed by atoms with Crippen molar-refractivity contribution in [3.63, 3.8) is 0 Å². The standard InChI is InChI=1S/C16H12F3N3OS/c1-9(21)11-4-2-3-10(5-11)8-24-15-12(7-20)13(16(17,18)19)6-14(23)22-15/h2-6H,1,8,21H2,(H,22,23). The minimum atomic E-state index is -4.77. The second kappa shape index (κ2) is 6.84. The number of hydrogen-bond acceptors (Lipinski definition) is 4. The Hall–Kier alpha value is -2.66. The van der Waals surface area contributed by atoms with Gasteiger partial charge in [0.1, 0.15) is 6.07 Å². The van der Waals surface area contributed by atoms with E-state index < -0.39 is 22.9 Å². The summed E-state index contributed by atoms with van der Waals surface area (Å²) in [6.45, 7) is 3.62. The molecule has 0 amide bonds. The van der Waals surface area contributed by atoms with Crippen molar-refractivity contribution in [3.05, 3.63) is 69.5 Å². The van der Waals surface area contributed by atoms with Crippen molar-refractivity contribution in [2.75, 3.05) is 0 Å². The molecular formula is C16H12F3N3OS. The first-order chi connectivity index (χ1) is 11.2. The average molecular weight is 351 g/mol. The van der Waals surface area contributed by atoms with Crippen LogP contribution in [0.2, 0.25) is 0 Å². The highest BCUT2D eigenvalue weighted by atomic mass is 32.2. The van der Waals surface area contributed by atoms with Crippen molar-refractivity contribution in [2.24, 2.45) is 5.73 Å². The van der Waals surface area contributed by atoms with Gasteiger partial charge in [-0.1, -0.05) is 24.8 Å². The number of thioether (sulfide) groups is 1. The number of benzene rings is 1. The molecular weight excluding hydrogens is 339 g/mol. The van der Waals surface area contributed by atoms with E-state index in [1.54, 1.807) is 24.3 Å². The number of alkyl halides is 3. The van der Waals surface area contributed by atoms with E-state index in [4.69, 9.17) is 11.0 Å². The molecule has 124 valence electrons. The molecule has 0 bridgehead atoms. The SMILES string of the molecule is C=C(N)c1cccc(CSc2[nH]c(=O)cc(C(F)(F)F)c2C#N)c1. The Morgan fingerprint density at radius 3 is 2.67 bits per heavy atom. The highest BCUT2D eigenvalue weighted by Crippen LogP contribution is 2.34. The number of nitriles is 1. The summed E-state index contributed by atoms with van der Waals surface area (Å²) in [7, 11) is 0. The summed E-state index contributed by atoms with van der Waals surface area (Å²) in [6.07, 6.45) is -4.77. The van der Waals surface area contributed by atoms with Crippen molar-refractivity contribution in [2.45, 2.75) is 17.0 Å². The molecule has 0 fully saturated rings. The van der Waals surface area contributed by atoms with E-state index >= 15 is 0 Å². The Labute approximate surface area is 139 Å². The fourth-order valence-electron chi connectivity index (χ4n) is 2.00. The zero-order valence-electron chi connectivity index (χ0n) is 12.3. The van der Waals surface area contributed by atoms with Crippen molar-refractivity contribution < 1.29 is 13.2 Å². The molecule has 0 unspecified atom stereocenters. The van der Waals surface area contributed by atoms with Gasteiger partial charge in [0.25, 0.3) is 0 Å². The van der Waals surface area contributed by atoms with Crippen LogP contribution in [0.15, 0.2) is 46.7 Å². The molecule has 1 heterocycles. The number of nitrogens with two attached hydrogens (primary N) is 1. The van der Waals surface area contributed by atoms with Gasteiger partial charge in [0, 0.05) is 17.5 Å². The van der Waals surface area contributed by atoms with Crippen LogP contribution in [0.4, 0.5) is 13.2 Å². The van der Waals surface area contributed by atoms with Crippen molar-refractivity contribution in [1.82, 2.24) is 4.98 Å². The molecule has 0 spiro atoms. The van der Waals surface area contributed by atoms with E-state index in [0.717, 1.165) is 17.3 Å². The Morgan fingerprint density at radius 1 is 1.38 bits per heavy atom. The molecule has 0 aliphatic heterocycles. The van der Waals surface area contributed by atoms with E-state index in [0.29, 0.717) is 17.3 Å². The van der Waals surface area contributed by atoms with Gasteiger partial charge in [0.2, 0.25) is 5.56 Å². The fourth-order valence-corrected chi connectivity index (χ4v) is 2.96. The maximum atomic E-state index is 13.0. The number of aromatic nitrogens is 1. The van der Waals surface area contributed by atoms with Crippen LogP contribution in [0.5, 0.6) is 0 Å². The van der Waals surface area contributed by atoms with Crippen LogP contribution in [0.25, 0.3) is 5.70 Å². The summed E-state index contributed by atoms with van der Waals surface area (Å²) >= 11 is 0.941. The van der Waals surface area contributed by atoms with Gasteiger partial charge in [-0.05, 0) is 17.2 Å². The lowest BCUT2D eigenvalue weighted by Crippen LogP contribution is -2.17. The smallest absolute Gasteiger partial charge is 0.399 e. The number of nitrogens with zero attached hydrogens (tertiary/aromatic N) is 1. The normalized spacial score (nSPS) is 11.1. The number of H-pyrrole nitrogens is 1. The Morgan fingerprint density at radius 2 is 2.08 bits per heavy atom. The predicted molar refractivity (Wildman–Crippen MR) is 86.0 cm³/mol. The quantitative estimate of drug-likeness (QED) is 0.826. The van der Waals surface area contributed by atoms with Gasteiger partial charge in [0.05, 0.1) is 16.2 Å². The zero-order valence-corrected chi connectivity index (χ0v) is 13.1. The van der Waals surface area contributed by atoms with E-state index in [1.807, 2.05) is 0 Å². The summed E-state index contributed by atoms with van der Waals surface area (Å²) in [5.41, 5.74) is 4.71. The lowest BCUT2D eigenvalue weighted by Gasteiger charge is -2.11. The first kappa shape index (κ1) is 17.7. The second-order valence-corrected chi connectivity index (χ2v) is 5.86. The molecule has 0 aliphatic rings. The lowest BCUT2D eigenvalue weighted by atomic mass is 10.1. The minimum Gasteiger partial charge on any atom is -0.399 e. The van der Waals surface area contributed by atoms with Gasteiger partial charge in [-0.15, -0.1) is 11.8 Å². The van der Waals surface area contributed by atoms with Crippen LogP contribution in [0.3, 0.4) is 0 Å². The summed E-state index contributed by atoms with van der Waals surface area (Å²) < 4.78 is 38.9. The zero-order chi connectivity index (χ0) is 17.9. The third-order valence-corrected chi connectivity index (χ3v) is 4.18. The molecule has 4 nitrogen and oxygen atoms in total. The van der Waals surface area contributed by atoms with Gasteiger partial charge in [-0.2, -0.15) is 18.4 Å². The first-order valence-electron chi connectivity index (χ1n) is 6.63. The summed E-state index contributed by atoms with van der Waals surface area (Å²) in [4.78, 5) is 13.8. The topological polar surface area (TPSA) is 82.7 Å². The van der Waals surface area contributed by atoms with Crippen molar-refractivity contribution in [3.8, 4) is 6.07 Å². The monoisotopic (exact) mass is 351 g/mol.